The highest BCUT2D eigenvalue weighted by Crippen LogP contribution is 2.34. The number of alkyl halides is 3. The molecular weight excluding hydrogens is 257 g/mol. The van der Waals surface area contributed by atoms with Crippen molar-refractivity contribution in [1.82, 2.24) is 0 Å². The van der Waals surface area contributed by atoms with Gasteiger partial charge in [0.1, 0.15) is 5.75 Å². The van der Waals surface area contributed by atoms with Crippen LogP contribution in [0.5, 0.6) is 5.75 Å². The van der Waals surface area contributed by atoms with E-state index in [4.69, 9.17) is 11.5 Å². The summed E-state index contributed by atoms with van der Waals surface area (Å²) in [4.78, 5) is 0. The van der Waals surface area contributed by atoms with Crippen molar-refractivity contribution in [3.63, 3.8) is 0 Å². The van der Waals surface area contributed by atoms with Crippen LogP contribution in [0.25, 0.3) is 11.1 Å². The average molecular weight is 268 g/mol. The number of nitrogen functional groups attached to an aromatic ring is 2. The number of hydrogen-bond donors (Lipinski definition) is 2. The molecule has 0 aliphatic carbocycles. The SMILES string of the molecule is Nc1ccccc1-c1cc(OC(F)(F)F)ccc1N. The maximum atomic E-state index is 12.2. The molecule has 0 saturated heterocycles. The zero-order valence-corrected chi connectivity index (χ0v) is 9.74. The minimum absolute atomic E-state index is 0.326. The molecule has 19 heavy (non-hydrogen) atoms. The number of rotatable bonds is 2. The van der Waals surface area contributed by atoms with Crippen LogP contribution >= 0.6 is 0 Å². The molecule has 0 aromatic heterocycles. The third-order valence-corrected chi connectivity index (χ3v) is 2.51. The van der Waals surface area contributed by atoms with Crippen LogP contribution in [-0.4, -0.2) is 6.36 Å². The second-order valence-electron chi connectivity index (χ2n) is 3.88. The summed E-state index contributed by atoms with van der Waals surface area (Å²) in [6, 6.07) is 10.5. The van der Waals surface area contributed by atoms with Gasteiger partial charge < -0.3 is 16.2 Å². The third-order valence-electron chi connectivity index (χ3n) is 2.51. The van der Waals surface area contributed by atoms with Crippen LogP contribution in [0.4, 0.5) is 24.5 Å². The van der Waals surface area contributed by atoms with Crippen molar-refractivity contribution in [3.8, 4) is 16.9 Å². The fourth-order valence-electron chi connectivity index (χ4n) is 1.71. The van der Waals surface area contributed by atoms with Crippen molar-refractivity contribution in [1.29, 1.82) is 0 Å². The summed E-state index contributed by atoms with van der Waals surface area (Å²) in [7, 11) is 0. The molecule has 0 spiro atoms. The van der Waals surface area contributed by atoms with E-state index in [2.05, 4.69) is 4.74 Å². The fourth-order valence-corrected chi connectivity index (χ4v) is 1.71. The molecule has 4 N–H and O–H groups in total. The van der Waals surface area contributed by atoms with E-state index in [0.717, 1.165) is 6.07 Å². The minimum atomic E-state index is -4.74. The maximum absolute atomic E-state index is 12.2. The number of nitrogens with two attached hydrogens (primary N) is 2. The van der Waals surface area contributed by atoms with Gasteiger partial charge in [0.05, 0.1) is 0 Å². The summed E-state index contributed by atoms with van der Waals surface area (Å²) in [5, 5.41) is 0. The molecule has 0 bridgehead atoms. The lowest BCUT2D eigenvalue weighted by molar-refractivity contribution is -0.274. The van der Waals surface area contributed by atoms with Gasteiger partial charge in [0, 0.05) is 22.5 Å². The Bertz CT molecular complexity index is 597. The summed E-state index contributed by atoms with van der Waals surface area (Å²) in [6.45, 7) is 0. The smallest absolute Gasteiger partial charge is 0.406 e. The summed E-state index contributed by atoms with van der Waals surface area (Å²) in [6.07, 6.45) is -4.74. The van der Waals surface area contributed by atoms with Crippen LogP contribution in [0.1, 0.15) is 0 Å². The Morgan fingerprint density at radius 3 is 2.11 bits per heavy atom. The molecule has 0 heterocycles. The second kappa shape index (κ2) is 4.72. The Morgan fingerprint density at radius 1 is 0.842 bits per heavy atom. The van der Waals surface area contributed by atoms with E-state index in [-0.39, 0.29) is 5.75 Å². The first kappa shape index (κ1) is 13.1. The molecular formula is C13H11F3N2O. The van der Waals surface area contributed by atoms with E-state index in [1.807, 2.05) is 0 Å². The number of ether oxygens (including phenoxy) is 1. The molecule has 0 fully saturated rings. The molecule has 0 radical (unpaired) electrons. The summed E-state index contributed by atoms with van der Waals surface area (Å²) in [5.74, 6) is -0.333. The predicted molar refractivity (Wildman–Crippen MR) is 67.4 cm³/mol. The Labute approximate surface area is 107 Å². The fraction of sp³-hybridized carbons (Fsp3) is 0.0769. The van der Waals surface area contributed by atoms with E-state index in [1.165, 1.54) is 12.1 Å². The third kappa shape index (κ3) is 3.09. The van der Waals surface area contributed by atoms with Crippen LogP contribution in [0, 0.1) is 0 Å². The van der Waals surface area contributed by atoms with E-state index in [1.54, 1.807) is 24.3 Å². The number of hydrogen-bond acceptors (Lipinski definition) is 3. The van der Waals surface area contributed by atoms with Gasteiger partial charge >= 0.3 is 6.36 Å². The van der Waals surface area contributed by atoms with Gasteiger partial charge in [0.15, 0.2) is 0 Å². The molecule has 6 heteroatoms. The van der Waals surface area contributed by atoms with Crippen LogP contribution in [-0.2, 0) is 0 Å². The number of benzene rings is 2. The van der Waals surface area contributed by atoms with Crippen molar-refractivity contribution in [3.05, 3.63) is 42.5 Å². The molecule has 3 nitrogen and oxygen atoms in total. The molecule has 100 valence electrons. The van der Waals surface area contributed by atoms with Crippen LogP contribution in [0.2, 0.25) is 0 Å². The Morgan fingerprint density at radius 2 is 1.47 bits per heavy atom. The van der Waals surface area contributed by atoms with Crippen LogP contribution < -0.4 is 16.2 Å². The van der Waals surface area contributed by atoms with Gasteiger partial charge in [0.2, 0.25) is 0 Å². The topological polar surface area (TPSA) is 61.3 Å². The summed E-state index contributed by atoms with van der Waals surface area (Å²) in [5.41, 5.74) is 13.3. The molecule has 0 amide bonds. The minimum Gasteiger partial charge on any atom is -0.406 e. The van der Waals surface area contributed by atoms with E-state index in [9.17, 15) is 13.2 Å². The summed E-state index contributed by atoms with van der Waals surface area (Å²) < 4.78 is 40.4. The second-order valence-corrected chi connectivity index (χ2v) is 3.88. The lowest BCUT2D eigenvalue weighted by atomic mass is 10.0. The number of anilines is 2. The monoisotopic (exact) mass is 268 g/mol. The van der Waals surface area contributed by atoms with Gasteiger partial charge in [-0.25, -0.2) is 0 Å². The van der Waals surface area contributed by atoms with Gasteiger partial charge in [-0.05, 0) is 24.3 Å². The lowest BCUT2D eigenvalue weighted by Gasteiger charge is -2.13. The zero-order chi connectivity index (χ0) is 14.0. The molecule has 2 aromatic rings. The quantitative estimate of drug-likeness (QED) is 0.820. The van der Waals surface area contributed by atoms with Crippen molar-refractivity contribution in [2.24, 2.45) is 0 Å². The first-order valence-electron chi connectivity index (χ1n) is 5.37. The van der Waals surface area contributed by atoms with Crippen molar-refractivity contribution >= 4 is 11.4 Å². The van der Waals surface area contributed by atoms with Crippen molar-refractivity contribution in [2.75, 3.05) is 11.5 Å². The molecule has 0 atom stereocenters. The van der Waals surface area contributed by atoms with E-state index in [0.29, 0.717) is 22.5 Å². The standard InChI is InChI=1S/C13H11F3N2O/c14-13(15,16)19-8-5-6-12(18)10(7-8)9-3-1-2-4-11(9)17/h1-7H,17-18H2. The summed E-state index contributed by atoms with van der Waals surface area (Å²) >= 11 is 0. The highest BCUT2D eigenvalue weighted by molar-refractivity contribution is 5.84. The Hall–Kier alpha value is -2.37. The highest BCUT2D eigenvalue weighted by Gasteiger charge is 2.31. The Balaban J connectivity index is 2.46. The van der Waals surface area contributed by atoms with Gasteiger partial charge in [-0.15, -0.1) is 13.2 Å². The Kier molecular flexibility index (Phi) is 3.25. The largest absolute Gasteiger partial charge is 0.573 e. The normalized spacial score (nSPS) is 11.3. The first-order chi connectivity index (χ1) is 8.87. The van der Waals surface area contributed by atoms with E-state index >= 15 is 0 Å². The van der Waals surface area contributed by atoms with Gasteiger partial charge in [0.25, 0.3) is 0 Å². The molecule has 0 aliphatic rings. The maximum Gasteiger partial charge on any atom is 0.573 e. The molecule has 2 aromatic carbocycles. The predicted octanol–water partition coefficient (Wildman–Crippen LogP) is 3.42. The van der Waals surface area contributed by atoms with Crippen molar-refractivity contribution < 1.29 is 17.9 Å². The van der Waals surface area contributed by atoms with Crippen molar-refractivity contribution in [2.45, 2.75) is 6.36 Å². The number of halogens is 3. The highest BCUT2D eigenvalue weighted by atomic mass is 19.4. The molecule has 2 rings (SSSR count). The molecule has 0 unspecified atom stereocenters. The van der Waals surface area contributed by atoms with Gasteiger partial charge in [-0.1, -0.05) is 18.2 Å². The first-order valence-corrected chi connectivity index (χ1v) is 5.37. The van der Waals surface area contributed by atoms with Gasteiger partial charge in [-0.3, -0.25) is 0 Å². The lowest BCUT2D eigenvalue weighted by Crippen LogP contribution is -2.17. The van der Waals surface area contributed by atoms with Gasteiger partial charge in [-0.2, -0.15) is 0 Å². The number of para-hydroxylation sites is 1. The van der Waals surface area contributed by atoms with E-state index < -0.39 is 6.36 Å². The van der Waals surface area contributed by atoms with Crippen LogP contribution in [0.15, 0.2) is 42.5 Å². The molecule has 0 aliphatic heterocycles. The zero-order valence-electron chi connectivity index (χ0n) is 9.74. The molecule has 0 saturated carbocycles. The average Bonchev–Trinajstić information content (AvgIpc) is 2.31. The van der Waals surface area contributed by atoms with Crippen LogP contribution in [0.3, 0.4) is 0 Å².